The second-order valence-electron chi connectivity index (χ2n) is 7.74. The molecule has 0 aliphatic carbocycles. The molecule has 4 rings (SSSR count). The van der Waals surface area contributed by atoms with Crippen LogP contribution in [-0.4, -0.2) is 42.4 Å². The SMILES string of the molecule is CC(c1ccccc1)N1CCC(NC(=O)c2cccc(N3CCCC3=O)c2)C1. The van der Waals surface area contributed by atoms with Crippen molar-refractivity contribution in [1.29, 1.82) is 0 Å². The van der Waals surface area contributed by atoms with Gasteiger partial charge >= 0.3 is 0 Å². The van der Waals surface area contributed by atoms with Gasteiger partial charge in [-0.2, -0.15) is 0 Å². The molecule has 0 saturated carbocycles. The number of nitrogens with zero attached hydrogens (tertiary/aromatic N) is 2. The Morgan fingerprint density at radius 2 is 1.93 bits per heavy atom. The first-order chi connectivity index (χ1) is 13.6. The average molecular weight is 377 g/mol. The van der Waals surface area contributed by atoms with E-state index >= 15 is 0 Å². The van der Waals surface area contributed by atoms with E-state index in [1.807, 2.05) is 30.3 Å². The molecule has 146 valence electrons. The van der Waals surface area contributed by atoms with E-state index in [0.717, 1.165) is 38.2 Å². The quantitative estimate of drug-likeness (QED) is 0.869. The van der Waals surface area contributed by atoms with Crippen molar-refractivity contribution < 1.29 is 9.59 Å². The molecule has 0 spiro atoms. The van der Waals surface area contributed by atoms with Crippen LogP contribution in [0, 0.1) is 0 Å². The lowest BCUT2D eigenvalue weighted by Gasteiger charge is -2.25. The predicted molar refractivity (Wildman–Crippen MR) is 110 cm³/mol. The first kappa shape index (κ1) is 18.7. The van der Waals surface area contributed by atoms with Gasteiger partial charge in [-0.3, -0.25) is 14.5 Å². The summed E-state index contributed by atoms with van der Waals surface area (Å²) in [4.78, 5) is 28.9. The molecule has 2 aromatic rings. The van der Waals surface area contributed by atoms with E-state index in [9.17, 15) is 9.59 Å². The highest BCUT2D eigenvalue weighted by Crippen LogP contribution is 2.25. The van der Waals surface area contributed by atoms with E-state index in [4.69, 9.17) is 0 Å². The average Bonchev–Trinajstić information content (AvgIpc) is 3.37. The van der Waals surface area contributed by atoms with E-state index in [1.54, 1.807) is 4.90 Å². The van der Waals surface area contributed by atoms with Crippen LogP contribution in [0.15, 0.2) is 54.6 Å². The number of nitrogens with one attached hydrogen (secondary N) is 1. The summed E-state index contributed by atoms with van der Waals surface area (Å²) in [6.45, 7) is 4.78. The minimum Gasteiger partial charge on any atom is -0.348 e. The van der Waals surface area contributed by atoms with Gasteiger partial charge in [-0.1, -0.05) is 36.4 Å². The molecule has 0 bridgehead atoms. The van der Waals surface area contributed by atoms with Gasteiger partial charge in [0.1, 0.15) is 0 Å². The highest BCUT2D eigenvalue weighted by Gasteiger charge is 2.28. The fraction of sp³-hybridized carbons (Fsp3) is 0.391. The van der Waals surface area contributed by atoms with Gasteiger partial charge in [0.05, 0.1) is 0 Å². The first-order valence-corrected chi connectivity index (χ1v) is 10.1. The molecule has 5 nitrogen and oxygen atoms in total. The van der Waals surface area contributed by atoms with Crippen molar-refractivity contribution in [3.05, 3.63) is 65.7 Å². The number of anilines is 1. The third kappa shape index (κ3) is 3.94. The third-order valence-electron chi connectivity index (χ3n) is 5.88. The Labute approximate surface area is 166 Å². The molecule has 5 heteroatoms. The molecule has 2 unspecified atom stereocenters. The molecule has 2 aromatic carbocycles. The summed E-state index contributed by atoms with van der Waals surface area (Å²) in [5.41, 5.74) is 2.74. The van der Waals surface area contributed by atoms with E-state index in [-0.39, 0.29) is 17.9 Å². The molecule has 0 aromatic heterocycles. The van der Waals surface area contributed by atoms with E-state index in [2.05, 4.69) is 41.4 Å². The molecule has 1 N–H and O–H groups in total. The number of amides is 2. The lowest BCUT2D eigenvalue weighted by atomic mass is 10.1. The minimum absolute atomic E-state index is 0.0623. The van der Waals surface area contributed by atoms with E-state index < -0.39 is 0 Å². The van der Waals surface area contributed by atoms with Crippen molar-refractivity contribution in [1.82, 2.24) is 10.2 Å². The molecule has 2 amide bonds. The van der Waals surface area contributed by atoms with Gasteiger partial charge < -0.3 is 10.2 Å². The van der Waals surface area contributed by atoms with Crippen LogP contribution in [-0.2, 0) is 4.79 Å². The lowest BCUT2D eigenvalue weighted by molar-refractivity contribution is -0.117. The van der Waals surface area contributed by atoms with Crippen molar-refractivity contribution in [2.45, 2.75) is 38.3 Å². The van der Waals surface area contributed by atoms with Crippen LogP contribution < -0.4 is 10.2 Å². The van der Waals surface area contributed by atoms with Gasteiger partial charge in [0.15, 0.2) is 0 Å². The smallest absolute Gasteiger partial charge is 0.251 e. The molecule has 2 aliphatic heterocycles. The summed E-state index contributed by atoms with van der Waals surface area (Å²) in [6.07, 6.45) is 2.42. The molecule has 2 heterocycles. The van der Waals surface area contributed by atoms with Crippen LogP contribution in [0.5, 0.6) is 0 Å². The molecule has 2 fully saturated rings. The van der Waals surface area contributed by atoms with Crippen LogP contribution in [0.4, 0.5) is 5.69 Å². The monoisotopic (exact) mass is 377 g/mol. The Hall–Kier alpha value is -2.66. The van der Waals surface area contributed by atoms with Crippen LogP contribution in [0.25, 0.3) is 0 Å². The van der Waals surface area contributed by atoms with Crippen LogP contribution in [0.2, 0.25) is 0 Å². The highest BCUT2D eigenvalue weighted by molar-refractivity contribution is 5.99. The second-order valence-corrected chi connectivity index (χ2v) is 7.74. The molecule has 2 atom stereocenters. The van der Waals surface area contributed by atoms with Crippen LogP contribution >= 0.6 is 0 Å². The number of rotatable bonds is 5. The zero-order chi connectivity index (χ0) is 19.5. The number of hydrogen-bond acceptors (Lipinski definition) is 3. The Balaban J connectivity index is 1.37. The normalized spacial score (nSPS) is 21.1. The lowest BCUT2D eigenvalue weighted by Crippen LogP contribution is -2.37. The van der Waals surface area contributed by atoms with E-state index in [1.165, 1.54) is 5.56 Å². The summed E-state index contributed by atoms with van der Waals surface area (Å²) < 4.78 is 0. The van der Waals surface area contributed by atoms with Gasteiger partial charge in [-0.25, -0.2) is 0 Å². The largest absolute Gasteiger partial charge is 0.348 e. The number of carbonyl (C=O) groups excluding carboxylic acids is 2. The Morgan fingerprint density at radius 3 is 2.68 bits per heavy atom. The van der Waals surface area contributed by atoms with Gasteiger partial charge in [0.25, 0.3) is 5.91 Å². The third-order valence-corrected chi connectivity index (χ3v) is 5.88. The standard InChI is InChI=1S/C23H27N3O2/c1-17(18-7-3-2-4-8-18)25-14-12-20(16-25)24-23(28)19-9-5-10-21(15-19)26-13-6-11-22(26)27/h2-5,7-10,15,17,20H,6,11-14,16H2,1H3,(H,24,28). The molecule has 2 saturated heterocycles. The van der Waals surface area contributed by atoms with Gasteiger partial charge in [0, 0.05) is 49.4 Å². The summed E-state index contributed by atoms with van der Waals surface area (Å²) in [7, 11) is 0. The number of benzene rings is 2. The Morgan fingerprint density at radius 1 is 1.11 bits per heavy atom. The molecule has 28 heavy (non-hydrogen) atoms. The van der Waals surface area contributed by atoms with Crippen molar-refractivity contribution in [3.8, 4) is 0 Å². The van der Waals surface area contributed by atoms with Crippen LogP contribution in [0.3, 0.4) is 0 Å². The molecular weight excluding hydrogens is 350 g/mol. The minimum atomic E-state index is -0.0623. The topological polar surface area (TPSA) is 52.7 Å². The van der Waals surface area contributed by atoms with Crippen molar-refractivity contribution >= 4 is 17.5 Å². The highest BCUT2D eigenvalue weighted by atomic mass is 16.2. The zero-order valence-electron chi connectivity index (χ0n) is 16.3. The maximum atomic E-state index is 12.8. The fourth-order valence-electron chi connectivity index (χ4n) is 4.20. The predicted octanol–water partition coefficient (Wildman–Crippen LogP) is 3.38. The zero-order valence-corrected chi connectivity index (χ0v) is 16.3. The number of carbonyl (C=O) groups is 2. The maximum absolute atomic E-state index is 12.8. The first-order valence-electron chi connectivity index (χ1n) is 10.1. The summed E-state index contributed by atoms with van der Waals surface area (Å²) >= 11 is 0. The fourth-order valence-corrected chi connectivity index (χ4v) is 4.20. The summed E-state index contributed by atoms with van der Waals surface area (Å²) in [5.74, 6) is 0.0756. The van der Waals surface area contributed by atoms with Crippen molar-refractivity contribution in [2.24, 2.45) is 0 Å². The Kier molecular flexibility index (Phi) is 5.44. The molecular formula is C23H27N3O2. The van der Waals surface area contributed by atoms with Gasteiger partial charge in [-0.05, 0) is 43.5 Å². The van der Waals surface area contributed by atoms with E-state index in [0.29, 0.717) is 18.0 Å². The van der Waals surface area contributed by atoms with Crippen molar-refractivity contribution in [2.75, 3.05) is 24.5 Å². The number of likely N-dealkylation sites (tertiary alicyclic amines) is 1. The number of hydrogen-bond donors (Lipinski definition) is 1. The summed E-state index contributed by atoms with van der Waals surface area (Å²) in [5, 5.41) is 3.18. The molecule has 2 aliphatic rings. The van der Waals surface area contributed by atoms with Crippen molar-refractivity contribution in [3.63, 3.8) is 0 Å². The molecule has 0 radical (unpaired) electrons. The summed E-state index contributed by atoms with van der Waals surface area (Å²) in [6, 6.07) is 18.4. The van der Waals surface area contributed by atoms with Gasteiger partial charge in [-0.15, -0.1) is 0 Å². The van der Waals surface area contributed by atoms with Crippen LogP contribution in [0.1, 0.15) is 48.1 Å². The Bertz CT molecular complexity index is 852. The second kappa shape index (κ2) is 8.15. The van der Waals surface area contributed by atoms with Gasteiger partial charge in [0.2, 0.25) is 5.91 Å². The maximum Gasteiger partial charge on any atom is 0.251 e.